The van der Waals surface area contributed by atoms with Crippen LogP contribution in [0.5, 0.6) is 0 Å². The van der Waals surface area contributed by atoms with Crippen molar-refractivity contribution in [2.75, 3.05) is 11.9 Å². The molecule has 2 aromatic rings. The zero-order valence-electron chi connectivity index (χ0n) is 15.3. The van der Waals surface area contributed by atoms with Crippen molar-refractivity contribution in [1.29, 1.82) is 0 Å². The van der Waals surface area contributed by atoms with Crippen LogP contribution in [-0.2, 0) is 24.3 Å². The molecule has 5 heteroatoms. The second kappa shape index (κ2) is 8.04. The minimum atomic E-state index is -0.236. The molecule has 1 heterocycles. The first-order valence-electron chi connectivity index (χ1n) is 9.02. The van der Waals surface area contributed by atoms with Crippen LogP contribution in [0.1, 0.15) is 30.5 Å². The third-order valence-electron chi connectivity index (χ3n) is 4.58. The van der Waals surface area contributed by atoms with Gasteiger partial charge in [0.25, 0.3) is 0 Å². The Morgan fingerprint density at radius 2 is 1.85 bits per heavy atom. The van der Waals surface area contributed by atoms with E-state index in [2.05, 4.69) is 10.6 Å². The molecule has 0 aromatic heterocycles. The summed E-state index contributed by atoms with van der Waals surface area (Å²) in [6, 6.07) is 15.5. The van der Waals surface area contributed by atoms with Crippen LogP contribution in [0.15, 0.2) is 48.5 Å². The predicted molar refractivity (Wildman–Crippen MR) is 103 cm³/mol. The molecule has 2 N–H and O–H groups in total. The fraction of sp³-hybridized carbons (Fsp3) is 0.333. The number of fused-ring (bicyclic) bond motifs is 1. The average Bonchev–Trinajstić information content (AvgIpc) is 2.66. The molecule has 0 radical (unpaired) electrons. The zero-order chi connectivity index (χ0) is 18.5. The van der Waals surface area contributed by atoms with Gasteiger partial charge in [0.05, 0.1) is 0 Å². The summed E-state index contributed by atoms with van der Waals surface area (Å²) in [6.45, 7) is 5.69. The summed E-state index contributed by atoms with van der Waals surface area (Å²) in [4.78, 5) is 26.3. The summed E-state index contributed by atoms with van der Waals surface area (Å²) >= 11 is 0. The van der Waals surface area contributed by atoms with Crippen molar-refractivity contribution in [2.24, 2.45) is 5.92 Å². The van der Waals surface area contributed by atoms with E-state index in [-0.39, 0.29) is 17.9 Å². The quantitative estimate of drug-likeness (QED) is 0.885. The lowest BCUT2D eigenvalue weighted by Gasteiger charge is -2.30. The molecule has 2 aromatic carbocycles. The molecule has 0 saturated carbocycles. The Morgan fingerprint density at radius 3 is 2.58 bits per heavy atom. The Labute approximate surface area is 154 Å². The van der Waals surface area contributed by atoms with Gasteiger partial charge >= 0.3 is 6.03 Å². The molecule has 3 amide bonds. The number of anilines is 1. The number of carbonyl (C=O) groups is 2. The fourth-order valence-electron chi connectivity index (χ4n) is 3.14. The summed E-state index contributed by atoms with van der Waals surface area (Å²) in [5, 5.41) is 5.73. The molecule has 0 bridgehead atoms. The third-order valence-corrected chi connectivity index (χ3v) is 4.58. The first kappa shape index (κ1) is 18.0. The van der Waals surface area contributed by atoms with Gasteiger partial charge in [0.2, 0.25) is 5.91 Å². The fourth-order valence-corrected chi connectivity index (χ4v) is 3.14. The van der Waals surface area contributed by atoms with Gasteiger partial charge in [0, 0.05) is 31.2 Å². The topological polar surface area (TPSA) is 61.4 Å². The minimum Gasteiger partial charge on any atom is -0.338 e. The molecular weight excluding hydrogens is 326 g/mol. The van der Waals surface area contributed by atoms with Gasteiger partial charge in [-0.05, 0) is 35.2 Å². The van der Waals surface area contributed by atoms with Crippen LogP contribution in [0.4, 0.5) is 10.5 Å². The van der Waals surface area contributed by atoms with E-state index in [1.54, 1.807) is 0 Å². The SMILES string of the molecule is CC(C)C(=O)N1CCc2ccc(NC(=O)NCc3ccccc3)cc2C1. The first-order chi connectivity index (χ1) is 12.5. The predicted octanol–water partition coefficient (Wildman–Crippen LogP) is 3.55. The third kappa shape index (κ3) is 4.42. The van der Waals surface area contributed by atoms with E-state index in [1.165, 1.54) is 5.56 Å². The zero-order valence-corrected chi connectivity index (χ0v) is 15.3. The Hall–Kier alpha value is -2.82. The molecule has 3 rings (SSSR count). The number of benzene rings is 2. The van der Waals surface area contributed by atoms with Gasteiger partial charge in [-0.15, -0.1) is 0 Å². The number of urea groups is 1. The molecule has 1 aliphatic heterocycles. The molecule has 0 fully saturated rings. The lowest BCUT2D eigenvalue weighted by molar-refractivity contribution is -0.135. The van der Waals surface area contributed by atoms with Crippen molar-refractivity contribution < 1.29 is 9.59 Å². The van der Waals surface area contributed by atoms with E-state index in [9.17, 15) is 9.59 Å². The first-order valence-corrected chi connectivity index (χ1v) is 9.02. The van der Waals surface area contributed by atoms with Crippen LogP contribution in [-0.4, -0.2) is 23.4 Å². The number of nitrogens with one attached hydrogen (secondary N) is 2. The number of carbonyl (C=O) groups excluding carboxylic acids is 2. The monoisotopic (exact) mass is 351 g/mol. The molecular formula is C21H25N3O2. The molecule has 5 nitrogen and oxygen atoms in total. The van der Waals surface area contributed by atoms with Gasteiger partial charge in [0.15, 0.2) is 0 Å². The molecule has 0 unspecified atom stereocenters. The van der Waals surface area contributed by atoms with Crippen LogP contribution in [0.3, 0.4) is 0 Å². The summed E-state index contributed by atoms with van der Waals surface area (Å²) in [5.41, 5.74) is 4.14. The van der Waals surface area contributed by atoms with Gasteiger partial charge in [-0.1, -0.05) is 50.2 Å². The van der Waals surface area contributed by atoms with Gasteiger partial charge in [-0.3, -0.25) is 4.79 Å². The molecule has 0 saturated heterocycles. The van der Waals surface area contributed by atoms with Crippen LogP contribution < -0.4 is 10.6 Å². The van der Waals surface area contributed by atoms with Crippen LogP contribution in [0, 0.1) is 5.92 Å². The average molecular weight is 351 g/mol. The van der Waals surface area contributed by atoms with Crippen molar-refractivity contribution in [3.05, 3.63) is 65.2 Å². The smallest absolute Gasteiger partial charge is 0.319 e. The Morgan fingerprint density at radius 1 is 1.08 bits per heavy atom. The maximum Gasteiger partial charge on any atom is 0.319 e. The summed E-state index contributed by atoms with van der Waals surface area (Å²) in [6.07, 6.45) is 0.855. The number of amides is 3. The summed E-state index contributed by atoms with van der Waals surface area (Å²) in [7, 11) is 0. The van der Waals surface area contributed by atoms with Crippen LogP contribution >= 0.6 is 0 Å². The Balaban J connectivity index is 1.61. The number of hydrogen-bond acceptors (Lipinski definition) is 2. The van der Waals surface area contributed by atoms with Gasteiger partial charge in [-0.2, -0.15) is 0 Å². The highest BCUT2D eigenvalue weighted by atomic mass is 16.2. The van der Waals surface area contributed by atoms with E-state index in [1.807, 2.05) is 67.3 Å². The maximum absolute atomic E-state index is 12.2. The molecule has 26 heavy (non-hydrogen) atoms. The van der Waals surface area contributed by atoms with Crippen molar-refractivity contribution in [3.8, 4) is 0 Å². The number of rotatable bonds is 4. The number of nitrogens with zero attached hydrogens (tertiary/aromatic N) is 1. The molecule has 0 atom stereocenters. The molecule has 0 spiro atoms. The summed E-state index contributed by atoms with van der Waals surface area (Å²) in [5.74, 6) is 0.177. The maximum atomic E-state index is 12.2. The highest BCUT2D eigenvalue weighted by Crippen LogP contribution is 2.23. The van der Waals surface area contributed by atoms with Crippen molar-refractivity contribution >= 4 is 17.6 Å². The van der Waals surface area contributed by atoms with E-state index in [0.717, 1.165) is 29.8 Å². The lowest BCUT2D eigenvalue weighted by Crippen LogP contribution is -2.38. The minimum absolute atomic E-state index is 0.00150. The second-order valence-electron chi connectivity index (χ2n) is 6.94. The largest absolute Gasteiger partial charge is 0.338 e. The second-order valence-corrected chi connectivity index (χ2v) is 6.94. The highest BCUT2D eigenvalue weighted by Gasteiger charge is 2.22. The van der Waals surface area contributed by atoms with Gasteiger partial charge in [-0.25, -0.2) is 4.79 Å². The van der Waals surface area contributed by atoms with Crippen LogP contribution in [0.2, 0.25) is 0 Å². The van der Waals surface area contributed by atoms with Crippen LogP contribution in [0.25, 0.3) is 0 Å². The van der Waals surface area contributed by atoms with Crippen molar-refractivity contribution in [1.82, 2.24) is 10.2 Å². The van der Waals surface area contributed by atoms with Crippen molar-refractivity contribution in [2.45, 2.75) is 33.4 Å². The molecule has 136 valence electrons. The Kier molecular flexibility index (Phi) is 5.56. The molecule has 1 aliphatic rings. The van der Waals surface area contributed by atoms with Gasteiger partial charge in [0.1, 0.15) is 0 Å². The number of hydrogen-bond donors (Lipinski definition) is 2. The van der Waals surface area contributed by atoms with E-state index in [4.69, 9.17) is 0 Å². The highest BCUT2D eigenvalue weighted by molar-refractivity contribution is 5.89. The summed E-state index contributed by atoms with van der Waals surface area (Å²) < 4.78 is 0. The standard InChI is InChI=1S/C21H25N3O2/c1-15(2)20(25)24-11-10-17-8-9-19(12-18(17)14-24)23-21(26)22-13-16-6-4-3-5-7-16/h3-9,12,15H,10-11,13-14H2,1-2H3,(H2,22,23,26). The normalized spacial score (nSPS) is 13.3. The Bertz CT molecular complexity index is 787. The van der Waals surface area contributed by atoms with E-state index >= 15 is 0 Å². The van der Waals surface area contributed by atoms with Gasteiger partial charge < -0.3 is 15.5 Å². The molecule has 0 aliphatic carbocycles. The van der Waals surface area contributed by atoms with E-state index < -0.39 is 0 Å². The lowest BCUT2D eigenvalue weighted by atomic mass is 9.98. The van der Waals surface area contributed by atoms with E-state index in [0.29, 0.717) is 13.1 Å². The van der Waals surface area contributed by atoms with Crippen molar-refractivity contribution in [3.63, 3.8) is 0 Å².